The van der Waals surface area contributed by atoms with Gasteiger partial charge in [-0.1, -0.05) is 18.6 Å². The Labute approximate surface area is 86.3 Å². The molecule has 0 bridgehead atoms. The molecule has 0 heterocycles. The van der Waals surface area contributed by atoms with Gasteiger partial charge in [0.15, 0.2) is 0 Å². The molecule has 4 heteroatoms. The molecule has 1 aliphatic carbocycles. The second-order valence-electron chi connectivity index (χ2n) is 3.87. The summed E-state index contributed by atoms with van der Waals surface area (Å²) in [4.78, 5) is 0. The average Bonchev–Trinajstić information content (AvgIpc) is 2.15. The SMILES string of the molecule is CCS(=O)(=O)CCC1=CC(N)CCC1. The molecule has 0 radical (unpaired) electrons. The molecule has 1 unspecified atom stereocenters. The predicted octanol–water partition coefficient (Wildman–Crippen LogP) is 1.25. The quantitative estimate of drug-likeness (QED) is 0.721. The second kappa shape index (κ2) is 4.94. The second-order valence-corrected chi connectivity index (χ2v) is 6.34. The summed E-state index contributed by atoms with van der Waals surface area (Å²) >= 11 is 0. The normalized spacial score (nSPS) is 23.3. The molecule has 14 heavy (non-hydrogen) atoms. The van der Waals surface area contributed by atoms with E-state index in [1.165, 1.54) is 5.57 Å². The van der Waals surface area contributed by atoms with Gasteiger partial charge in [-0.3, -0.25) is 0 Å². The fraction of sp³-hybridized carbons (Fsp3) is 0.800. The molecule has 1 atom stereocenters. The van der Waals surface area contributed by atoms with Crippen molar-refractivity contribution in [1.82, 2.24) is 0 Å². The molecule has 0 saturated heterocycles. The summed E-state index contributed by atoms with van der Waals surface area (Å²) in [5, 5.41) is 0. The number of rotatable bonds is 4. The Morgan fingerprint density at radius 2 is 2.29 bits per heavy atom. The monoisotopic (exact) mass is 217 g/mol. The minimum absolute atomic E-state index is 0.142. The molecule has 0 spiro atoms. The highest BCUT2D eigenvalue weighted by molar-refractivity contribution is 7.91. The minimum atomic E-state index is -2.82. The molecular formula is C10H19NO2S. The maximum absolute atomic E-state index is 11.3. The summed E-state index contributed by atoms with van der Waals surface area (Å²) < 4.78 is 22.5. The van der Waals surface area contributed by atoms with E-state index in [0.717, 1.165) is 19.3 Å². The lowest BCUT2D eigenvalue weighted by Gasteiger charge is -2.17. The predicted molar refractivity (Wildman–Crippen MR) is 58.9 cm³/mol. The van der Waals surface area contributed by atoms with Crippen LogP contribution in [0.25, 0.3) is 0 Å². The van der Waals surface area contributed by atoms with Gasteiger partial charge in [-0.15, -0.1) is 0 Å². The molecule has 0 fully saturated rings. The summed E-state index contributed by atoms with van der Waals surface area (Å²) in [5.74, 6) is 0.522. The summed E-state index contributed by atoms with van der Waals surface area (Å²) in [5.41, 5.74) is 6.99. The molecule has 0 aromatic rings. The molecule has 2 N–H and O–H groups in total. The fourth-order valence-corrected chi connectivity index (χ4v) is 2.54. The van der Waals surface area contributed by atoms with Crippen LogP contribution in [0, 0.1) is 0 Å². The van der Waals surface area contributed by atoms with Crippen molar-refractivity contribution in [2.75, 3.05) is 11.5 Å². The van der Waals surface area contributed by atoms with Crippen molar-refractivity contribution in [3.63, 3.8) is 0 Å². The van der Waals surface area contributed by atoms with Gasteiger partial charge >= 0.3 is 0 Å². The molecule has 0 amide bonds. The van der Waals surface area contributed by atoms with Crippen LogP contribution in [0.5, 0.6) is 0 Å². The van der Waals surface area contributed by atoms with Gasteiger partial charge in [0.25, 0.3) is 0 Å². The van der Waals surface area contributed by atoms with Crippen LogP contribution in [-0.4, -0.2) is 26.0 Å². The number of allylic oxidation sites excluding steroid dienone is 1. The van der Waals surface area contributed by atoms with Crippen LogP contribution >= 0.6 is 0 Å². The average molecular weight is 217 g/mol. The first-order chi connectivity index (χ1) is 6.53. The molecule has 0 aliphatic heterocycles. The van der Waals surface area contributed by atoms with Gasteiger partial charge in [-0.05, 0) is 25.7 Å². The van der Waals surface area contributed by atoms with Gasteiger partial charge in [-0.2, -0.15) is 0 Å². The lowest BCUT2D eigenvalue weighted by molar-refractivity contribution is 0.590. The van der Waals surface area contributed by atoms with Gasteiger partial charge in [-0.25, -0.2) is 8.42 Å². The molecule has 0 saturated carbocycles. The van der Waals surface area contributed by atoms with E-state index in [2.05, 4.69) is 0 Å². The highest BCUT2D eigenvalue weighted by atomic mass is 32.2. The standard InChI is InChI=1S/C10H19NO2S/c1-2-14(12,13)7-6-9-4-3-5-10(11)8-9/h8,10H,2-7,11H2,1H3. The van der Waals surface area contributed by atoms with Crippen LogP contribution < -0.4 is 5.73 Å². The Bertz CT molecular complexity index is 306. The molecule has 1 rings (SSSR count). The Morgan fingerprint density at radius 1 is 1.57 bits per heavy atom. The zero-order chi connectivity index (χ0) is 10.6. The van der Waals surface area contributed by atoms with Gasteiger partial charge in [0, 0.05) is 11.8 Å². The van der Waals surface area contributed by atoms with Crippen molar-refractivity contribution in [3.05, 3.63) is 11.6 Å². The van der Waals surface area contributed by atoms with Crippen molar-refractivity contribution in [1.29, 1.82) is 0 Å². The van der Waals surface area contributed by atoms with Gasteiger partial charge in [0.1, 0.15) is 9.84 Å². The molecule has 0 aromatic carbocycles. The van der Waals surface area contributed by atoms with Crippen molar-refractivity contribution in [2.45, 2.75) is 38.6 Å². The first-order valence-electron chi connectivity index (χ1n) is 5.19. The lowest BCUT2D eigenvalue weighted by atomic mass is 9.95. The molecule has 3 nitrogen and oxygen atoms in total. The topological polar surface area (TPSA) is 60.2 Å². The van der Waals surface area contributed by atoms with E-state index < -0.39 is 9.84 Å². The van der Waals surface area contributed by atoms with E-state index in [0.29, 0.717) is 6.42 Å². The van der Waals surface area contributed by atoms with Crippen LogP contribution in [0.15, 0.2) is 11.6 Å². The zero-order valence-corrected chi connectivity index (χ0v) is 9.52. The molecule has 82 valence electrons. The summed E-state index contributed by atoms with van der Waals surface area (Å²) in [6, 6.07) is 0.142. The zero-order valence-electron chi connectivity index (χ0n) is 8.70. The van der Waals surface area contributed by atoms with E-state index in [9.17, 15) is 8.42 Å². The number of hydrogen-bond acceptors (Lipinski definition) is 3. The van der Waals surface area contributed by atoms with Crippen LogP contribution in [0.2, 0.25) is 0 Å². The van der Waals surface area contributed by atoms with Crippen LogP contribution in [0.4, 0.5) is 0 Å². The Balaban J connectivity index is 2.46. The highest BCUT2D eigenvalue weighted by Crippen LogP contribution is 2.20. The number of sulfone groups is 1. The molecule has 1 aliphatic rings. The first kappa shape index (κ1) is 11.7. The van der Waals surface area contributed by atoms with Crippen LogP contribution in [0.1, 0.15) is 32.6 Å². The third kappa shape index (κ3) is 3.80. The lowest BCUT2D eigenvalue weighted by Crippen LogP contribution is -2.21. The Kier molecular flexibility index (Phi) is 4.13. The van der Waals surface area contributed by atoms with Crippen molar-refractivity contribution in [2.24, 2.45) is 5.73 Å². The smallest absolute Gasteiger partial charge is 0.150 e. The van der Waals surface area contributed by atoms with E-state index in [-0.39, 0.29) is 17.5 Å². The largest absolute Gasteiger partial charge is 0.324 e. The van der Waals surface area contributed by atoms with Crippen molar-refractivity contribution >= 4 is 9.84 Å². The molecule has 0 aromatic heterocycles. The fourth-order valence-electron chi connectivity index (χ4n) is 1.67. The van der Waals surface area contributed by atoms with E-state index in [1.807, 2.05) is 6.08 Å². The Morgan fingerprint density at radius 3 is 2.86 bits per heavy atom. The summed E-state index contributed by atoms with van der Waals surface area (Å²) in [6.45, 7) is 1.69. The Hall–Kier alpha value is -0.350. The van der Waals surface area contributed by atoms with Crippen LogP contribution in [0.3, 0.4) is 0 Å². The summed E-state index contributed by atoms with van der Waals surface area (Å²) in [7, 11) is -2.82. The maximum Gasteiger partial charge on any atom is 0.150 e. The first-order valence-corrected chi connectivity index (χ1v) is 7.01. The minimum Gasteiger partial charge on any atom is -0.324 e. The van der Waals surface area contributed by atoms with Gasteiger partial charge in [0.2, 0.25) is 0 Å². The molecular weight excluding hydrogens is 198 g/mol. The van der Waals surface area contributed by atoms with Crippen molar-refractivity contribution < 1.29 is 8.42 Å². The van der Waals surface area contributed by atoms with E-state index in [1.54, 1.807) is 6.92 Å². The van der Waals surface area contributed by atoms with Gasteiger partial charge < -0.3 is 5.73 Å². The highest BCUT2D eigenvalue weighted by Gasteiger charge is 2.13. The number of nitrogens with two attached hydrogens (primary N) is 1. The van der Waals surface area contributed by atoms with E-state index >= 15 is 0 Å². The maximum atomic E-state index is 11.3. The third-order valence-electron chi connectivity index (χ3n) is 2.66. The third-order valence-corrected chi connectivity index (χ3v) is 4.36. The van der Waals surface area contributed by atoms with E-state index in [4.69, 9.17) is 5.73 Å². The van der Waals surface area contributed by atoms with Crippen LogP contribution in [-0.2, 0) is 9.84 Å². The van der Waals surface area contributed by atoms with Gasteiger partial charge in [0.05, 0.1) is 5.75 Å². The van der Waals surface area contributed by atoms with Crippen molar-refractivity contribution in [3.8, 4) is 0 Å². The number of hydrogen-bond donors (Lipinski definition) is 1. The summed E-state index contributed by atoms with van der Waals surface area (Å²) in [6.07, 6.45) is 5.86.